The van der Waals surface area contributed by atoms with E-state index in [1.807, 2.05) is 6.92 Å². The molecule has 0 heterocycles. The molecule has 85 heavy (non-hydrogen) atoms. The number of alkyl halides is 4. The maximum Gasteiger partial charge on any atom is 0.381 e. The maximum absolute atomic E-state index is 14.4. The van der Waals surface area contributed by atoms with Crippen LogP contribution in [0.4, 0.5) is 17.6 Å². The lowest BCUT2D eigenvalue weighted by Gasteiger charge is -2.34. The second-order valence-electron chi connectivity index (χ2n) is 26.2. The van der Waals surface area contributed by atoms with Crippen LogP contribution in [-0.2, 0) is 36.9 Å². The number of hydrogen-bond donors (Lipinski definition) is 0. The normalized spacial score (nSPS) is 15.4. The van der Waals surface area contributed by atoms with Crippen LogP contribution >= 0.6 is 0 Å². The molecule has 1 N–H and O–H groups in total. The second kappa shape index (κ2) is 35.7. The van der Waals surface area contributed by atoms with Gasteiger partial charge in [-0.15, -0.1) is 0 Å². The summed E-state index contributed by atoms with van der Waals surface area (Å²) >= 11 is 0. The number of rotatable bonds is 19. The Labute approximate surface area is 511 Å². The minimum atomic E-state index is -4.28. The summed E-state index contributed by atoms with van der Waals surface area (Å²) < 4.78 is 85.6. The van der Waals surface area contributed by atoms with Crippen LogP contribution in [0, 0.1) is 11.8 Å². The van der Waals surface area contributed by atoms with Crippen molar-refractivity contribution in [2.24, 2.45) is 11.8 Å². The highest BCUT2D eigenvalue weighted by atomic mass is 35.5. The Morgan fingerprint density at radius 3 is 1.07 bits per heavy atom. The molecule has 4 aromatic carbocycles. The lowest BCUT2D eigenvalue weighted by molar-refractivity contribution is -0.884. The summed E-state index contributed by atoms with van der Waals surface area (Å²) in [4.78, 5) is 46.9. The molecule has 0 radical (unpaired) electrons. The number of carbonyl (C=O) groups excluding carboxylic acids is 4. The van der Waals surface area contributed by atoms with Crippen molar-refractivity contribution in [3.05, 3.63) is 131 Å². The molecule has 2 aliphatic rings. The van der Waals surface area contributed by atoms with Crippen LogP contribution in [-0.4, -0.2) is 155 Å². The van der Waals surface area contributed by atoms with Gasteiger partial charge >= 0.3 is 29.8 Å². The fourth-order valence-corrected chi connectivity index (χ4v) is 9.04. The summed E-state index contributed by atoms with van der Waals surface area (Å²) in [6.45, 7) is 13.1. The largest absolute Gasteiger partial charge is 1.00 e. The molecule has 0 aromatic heterocycles. The number of nitrogens with zero attached hydrogens (tertiary/aromatic N) is 3. The Morgan fingerprint density at radius 2 is 0.812 bits per heavy atom. The SMILES string of the molecule is CC(C)C(OC(=O)c1ccc(OC2(C)CCCCC2)cc1)C(F)(F)C(=O)[O-].CCOC(=O)C(F)(F)C(OC(=O)c1ccc(OC2(C)CCCCC2)cc1)C(C)C.C[N+](C)(C)C.C[N+](C)(C)Cc1ccccc1.C[N+](C)(C)Cc1ccccc1.[Cl-].[OH-]. The molecule has 0 spiro atoms. The molecule has 0 bridgehead atoms. The van der Waals surface area contributed by atoms with Gasteiger partial charge in [0.15, 0.2) is 12.2 Å². The zero-order valence-electron chi connectivity index (χ0n) is 53.7. The lowest BCUT2D eigenvalue weighted by Crippen LogP contribution is -3.00. The van der Waals surface area contributed by atoms with Gasteiger partial charge in [0.1, 0.15) is 41.8 Å². The molecule has 0 amide bonds. The third kappa shape index (κ3) is 30.9. The number of quaternary nitrogens is 3. The van der Waals surface area contributed by atoms with E-state index in [9.17, 15) is 41.8 Å². The smallest absolute Gasteiger partial charge is 0.381 e. The minimum Gasteiger partial charge on any atom is -1.00 e. The molecule has 2 fully saturated rings. The first kappa shape index (κ1) is 79.2. The molecular weight excluding hydrogens is 1120 g/mol. The number of carboxylic acid groups (broad SMARTS) is 1. The highest BCUT2D eigenvalue weighted by molar-refractivity contribution is 5.91. The molecule has 2 unspecified atom stereocenters. The fraction of sp³-hybridized carbons (Fsp3) is 0.576. The molecular formula is C66H100ClF4N3O11. The number of halogens is 5. The third-order valence-corrected chi connectivity index (χ3v) is 12.9. The first-order valence-electron chi connectivity index (χ1n) is 28.9. The number of esters is 3. The quantitative estimate of drug-likeness (QED) is 0.0380. The molecule has 14 nitrogen and oxygen atoms in total. The average molecular weight is 1220 g/mol. The standard InChI is InChI=1S/C22H30F2O5.C20H26F2O5.2C10H16N.C4H12N.ClH.H2O/c1-5-27-20(26)22(23,24)18(15(2)3)28-19(25)16-9-11-17(12-10-16)29-21(4)13-7-6-8-14-21;1-13(2)16(20(21,22)18(24)25)26-17(23)14-7-9-15(10-8-14)27-19(3)11-5-4-6-12-19;2*1-11(2,3)9-10-7-5-4-6-8-10;1-5(2,3)4;;/h9-12,15,18H,5-8,13-14H2,1-4H3;7-10,13,16H,4-6,11-12H2,1-3H3,(H,24,25);2*4-8H,9H2,1-3H3;1-4H3;1H;1H2/q;;3*+1;;/p-3. The number of aliphatic carboxylic acids is 1. The van der Waals surface area contributed by atoms with Crippen molar-refractivity contribution in [2.75, 3.05) is 77.1 Å². The highest BCUT2D eigenvalue weighted by Crippen LogP contribution is 2.35. The van der Waals surface area contributed by atoms with E-state index >= 15 is 0 Å². The molecule has 4 aromatic rings. The monoisotopic (exact) mass is 1220 g/mol. The third-order valence-electron chi connectivity index (χ3n) is 12.9. The molecule has 0 aliphatic heterocycles. The first-order valence-corrected chi connectivity index (χ1v) is 28.9. The van der Waals surface area contributed by atoms with E-state index < -0.39 is 59.8 Å². The Kier molecular flexibility index (Phi) is 33.3. The zero-order chi connectivity index (χ0) is 63.0. The summed E-state index contributed by atoms with van der Waals surface area (Å²) in [5.41, 5.74) is 2.47. The number of benzene rings is 4. The summed E-state index contributed by atoms with van der Waals surface area (Å²) in [5, 5.41) is 10.7. The topological polar surface area (TPSA) is 167 Å². The Hall–Kier alpha value is -5.79. The van der Waals surface area contributed by atoms with Gasteiger partial charge in [-0.2, -0.15) is 17.6 Å². The van der Waals surface area contributed by atoms with Crippen LogP contribution in [0.5, 0.6) is 11.5 Å². The van der Waals surface area contributed by atoms with E-state index in [-0.39, 0.29) is 46.8 Å². The second-order valence-corrected chi connectivity index (χ2v) is 26.2. The van der Waals surface area contributed by atoms with Gasteiger partial charge in [-0.1, -0.05) is 101 Å². The van der Waals surface area contributed by atoms with Crippen molar-refractivity contribution >= 4 is 23.9 Å². The van der Waals surface area contributed by atoms with Crippen LogP contribution in [0.3, 0.4) is 0 Å². The van der Waals surface area contributed by atoms with E-state index in [0.717, 1.165) is 77.9 Å². The molecule has 6 rings (SSSR count). The Morgan fingerprint density at radius 1 is 0.518 bits per heavy atom. The van der Waals surface area contributed by atoms with Gasteiger partial charge < -0.3 is 64.9 Å². The molecule has 2 atom stereocenters. The van der Waals surface area contributed by atoms with Gasteiger partial charge in [0, 0.05) is 11.1 Å². The van der Waals surface area contributed by atoms with Crippen LogP contribution < -0.4 is 27.0 Å². The zero-order valence-corrected chi connectivity index (χ0v) is 54.4. The van der Waals surface area contributed by atoms with Gasteiger partial charge in [-0.05, 0) is 133 Å². The van der Waals surface area contributed by atoms with E-state index in [0.29, 0.717) is 11.5 Å². The van der Waals surface area contributed by atoms with E-state index in [1.54, 1.807) is 24.3 Å². The van der Waals surface area contributed by atoms with Crippen molar-refractivity contribution in [3.8, 4) is 11.5 Å². The van der Waals surface area contributed by atoms with E-state index in [4.69, 9.17) is 18.9 Å². The predicted molar refractivity (Wildman–Crippen MR) is 319 cm³/mol. The maximum atomic E-state index is 14.4. The van der Waals surface area contributed by atoms with Crippen LogP contribution in [0.25, 0.3) is 0 Å². The fourth-order valence-electron chi connectivity index (χ4n) is 9.04. The van der Waals surface area contributed by atoms with Crippen LogP contribution in [0.1, 0.15) is 145 Å². The average Bonchev–Trinajstić information content (AvgIpc) is 2.96. The first-order chi connectivity index (χ1) is 38.3. The van der Waals surface area contributed by atoms with Crippen LogP contribution in [0.2, 0.25) is 0 Å². The van der Waals surface area contributed by atoms with Gasteiger partial charge in [-0.25, -0.2) is 14.4 Å². The van der Waals surface area contributed by atoms with Gasteiger partial charge in [-0.3, -0.25) is 0 Å². The number of ether oxygens (including phenoxy) is 5. The van der Waals surface area contributed by atoms with Gasteiger partial charge in [0.05, 0.1) is 88.2 Å². The lowest BCUT2D eigenvalue weighted by atomic mass is 9.86. The predicted octanol–water partition coefficient (Wildman–Crippen LogP) is 9.46. The minimum absolute atomic E-state index is 0. The van der Waals surface area contributed by atoms with E-state index in [2.05, 4.69) is 143 Å². The number of carbonyl (C=O) groups is 4. The van der Waals surface area contributed by atoms with Crippen molar-refractivity contribution in [1.82, 2.24) is 0 Å². The molecule has 19 heteroatoms. The Bertz CT molecular complexity index is 2480. The van der Waals surface area contributed by atoms with Gasteiger partial charge in [0.25, 0.3) is 0 Å². The van der Waals surface area contributed by atoms with Crippen LogP contribution in [0.15, 0.2) is 109 Å². The summed E-state index contributed by atoms with van der Waals surface area (Å²) in [7, 11) is 21.7. The molecule has 2 saturated carbocycles. The number of hydrogen-bond acceptors (Lipinski definition) is 11. The molecule has 480 valence electrons. The highest BCUT2D eigenvalue weighted by Gasteiger charge is 2.53. The van der Waals surface area contributed by atoms with E-state index in [1.165, 1.54) is 82.9 Å². The molecule has 0 saturated heterocycles. The van der Waals surface area contributed by atoms with Crippen molar-refractivity contribution in [3.63, 3.8) is 0 Å². The van der Waals surface area contributed by atoms with Crippen molar-refractivity contribution in [2.45, 2.75) is 161 Å². The van der Waals surface area contributed by atoms with Gasteiger partial charge in [0.2, 0.25) is 0 Å². The Balaban J connectivity index is 0.00000115. The number of carboxylic acids is 1. The summed E-state index contributed by atoms with van der Waals surface area (Å²) in [6.07, 6.45) is 6.63. The molecule has 2 aliphatic carbocycles. The van der Waals surface area contributed by atoms with Crippen molar-refractivity contribution < 1.29 is 96.9 Å². The summed E-state index contributed by atoms with van der Waals surface area (Å²) in [6, 6.07) is 33.3. The van der Waals surface area contributed by atoms with Crippen molar-refractivity contribution in [1.29, 1.82) is 0 Å². The summed E-state index contributed by atoms with van der Waals surface area (Å²) in [5.74, 6) is -14.9.